The lowest BCUT2D eigenvalue weighted by Gasteiger charge is -2.30. The van der Waals surface area contributed by atoms with Crippen LogP contribution in [0, 0.1) is 23.7 Å². The number of ketones is 1. The van der Waals surface area contributed by atoms with Crippen LogP contribution in [0.1, 0.15) is 33.1 Å². The first kappa shape index (κ1) is 11.3. The number of Topliss-reactive ketones (excluding diaryl/α,β-unsaturated/α-hetero) is 1. The molecule has 0 aromatic rings. The van der Waals surface area contributed by atoms with Crippen molar-refractivity contribution in [1.82, 2.24) is 5.32 Å². The highest BCUT2D eigenvalue weighted by Crippen LogP contribution is 2.36. The fraction of sp³-hybridized carbons (Fsp3) is 0.750. The zero-order valence-electron chi connectivity index (χ0n) is 9.10. The minimum absolute atomic E-state index is 0.142. The molecule has 0 radical (unpaired) electrons. The predicted molar refractivity (Wildman–Crippen MR) is 57.8 cm³/mol. The van der Waals surface area contributed by atoms with E-state index in [2.05, 4.69) is 25.1 Å². The first-order valence-electron chi connectivity index (χ1n) is 5.31. The highest BCUT2D eigenvalue weighted by molar-refractivity contribution is 5.86. The SMILES string of the molecule is C#CCCC(=O)C1(C(C)C)CCNC1. The molecule has 0 aromatic heterocycles. The third kappa shape index (κ3) is 1.99. The van der Waals surface area contributed by atoms with Crippen LogP contribution in [-0.4, -0.2) is 18.9 Å². The summed E-state index contributed by atoms with van der Waals surface area (Å²) in [6, 6.07) is 0. The summed E-state index contributed by atoms with van der Waals surface area (Å²) in [6.45, 7) is 6.04. The van der Waals surface area contributed by atoms with Crippen molar-refractivity contribution in [3.8, 4) is 12.3 Å². The molecule has 1 fully saturated rings. The number of rotatable bonds is 4. The Kier molecular flexibility index (Phi) is 3.71. The molecule has 1 N–H and O–H groups in total. The molecule has 0 bridgehead atoms. The smallest absolute Gasteiger partial charge is 0.141 e. The number of carbonyl (C=O) groups excluding carboxylic acids is 1. The van der Waals surface area contributed by atoms with Crippen LogP contribution in [-0.2, 0) is 4.79 Å². The molecule has 2 heteroatoms. The molecule has 2 nitrogen and oxygen atoms in total. The van der Waals surface area contributed by atoms with Crippen molar-refractivity contribution in [3.63, 3.8) is 0 Å². The predicted octanol–water partition coefficient (Wildman–Crippen LogP) is 1.60. The van der Waals surface area contributed by atoms with Crippen LogP contribution >= 0.6 is 0 Å². The van der Waals surface area contributed by atoms with Crippen molar-refractivity contribution in [2.24, 2.45) is 11.3 Å². The van der Waals surface area contributed by atoms with E-state index in [0.29, 0.717) is 24.5 Å². The number of hydrogen-bond acceptors (Lipinski definition) is 2. The van der Waals surface area contributed by atoms with Gasteiger partial charge in [-0.3, -0.25) is 4.79 Å². The molecule has 1 unspecified atom stereocenters. The van der Waals surface area contributed by atoms with Gasteiger partial charge in [0.1, 0.15) is 5.78 Å². The van der Waals surface area contributed by atoms with Gasteiger partial charge >= 0.3 is 0 Å². The molecule has 1 saturated heterocycles. The lowest BCUT2D eigenvalue weighted by molar-refractivity contribution is -0.130. The largest absolute Gasteiger partial charge is 0.316 e. The maximum absolute atomic E-state index is 12.0. The van der Waals surface area contributed by atoms with Crippen molar-refractivity contribution in [2.75, 3.05) is 13.1 Å². The normalized spacial score (nSPS) is 26.4. The summed E-state index contributed by atoms with van der Waals surface area (Å²) in [7, 11) is 0. The second-order valence-electron chi connectivity index (χ2n) is 4.36. The van der Waals surface area contributed by atoms with Crippen molar-refractivity contribution in [3.05, 3.63) is 0 Å². The Bertz CT molecular complexity index is 244. The standard InChI is InChI=1S/C12H19NO/c1-4-5-6-11(14)12(10(2)3)7-8-13-9-12/h1,10,13H,5-9H2,2-3H3. The summed E-state index contributed by atoms with van der Waals surface area (Å²) in [5.74, 6) is 3.29. The molecule has 1 aliphatic rings. The lowest BCUT2D eigenvalue weighted by atomic mass is 9.72. The van der Waals surface area contributed by atoms with E-state index in [0.717, 1.165) is 19.5 Å². The van der Waals surface area contributed by atoms with Crippen LogP contribution < -0.4 is 5.32 Å². The van der Waals surface area contributed by atoms with Gasteiger partial charge in [0.15, 0.2) is 0 Å². The summed E-state index contributed by atoms with van der Waals surface area (Å²) >= 11 is 0. The number of nitrogens with one attached hydrogen (secondary N) is 1. The lowest BCUT2D eigenvalue weighted by Crippen LogP contribution is -2.38. The maximum Gasteiger partial charge on any atom is 0.141 e. The molecule has 14 heavy (non-hydrogen) atoms. The van der Waals surface area contributed by atoms with Gasteiger partial charge in [-0.25, -0.2) is 0 Å². The van der Waals surface area contributed by atoms with Crippen LogP contribution in [0.3, 0.4) is 0 Å². The van der Waals surface area contributed by atoms with E-state index in [9.17, 15) is 4.79 Å². The number of terminal acetylenes is 1. The summed E-state index contributed by atoms with van der Waals surface area (Å²) in [4.78, 5) is 12.0. The second-order valence-corrected chi connectivity index (χ2v) is 4.36. The van der Waals surface area contributed by atoms with Crippen LogP contribution in [0.2, 0.25) is 0 Å². The molecule has 0 aromatic carbocycles. The van der Waals surface area contributed by atoms with Gasteiger partial charge in [-0.15, -0.1) is 12.3 Å². The van der Waals surface area contributed by atoms with E-state index in [1.807, 2.05) is 0 Å². The van der Waals surface area contributed by atoms with Gasteiger partial charge in [0.25, 0.3) is 0 Å². The molecular weight excluding hydrogens is 174 g/mol. The van der Waals surface area contributed by atoms with E-state index in [1.54, 1.807) is 0 Å². The molecule has 1 aliphatic heterocycles. The molecule has 1 heterocycles. The second kappa shape index (κ2) is 4.61. The van der Waals surface area contributed by atoms with Gasteiger partial charge in [-0.2, -0.15) is 0 Å². The third-order valence-electron chi connectivity index (χ3n) is 3.35. The highest BCUT2D eigenvalue weighted by atomic mass is 16.1. The Morgan fingerprint density at radius 1 is 1.64 bits per heavy atom. The van der Waals surface area contributed by atoms with Gasteiger partial charge in [-0.1, -0.05) is 13.8 Å². The Balaban J connectivity index is 2.68. The van der Waals surface area contributed by atoms with E-state index in [-0.39, 0.29) is 5.41 Å². The summed E-state index contributed by atoms with van der Waals surface area (Å²) in [6.07, 6.45) is 7.26. The summed E-state index contributed by atoms with van der Waals surface area (Å²) in [5.41, 5.74) is -0.142. The monoisotopic (exact) mass is 193 g/mol. The summed E-state index contributed by atoms with van der Waals surface area (Å²) in [5, 5.41) is 3.28. The summed E-state index contributed by atoms with van der Waals surface area (Å²) < 4.78 is 0. The van der Waals surface area contributed by atoms with E-state index in [4.69, 9.17) is 6.42 Å². The van der Waals surface area contributed by atoms with Gasteiger partial charge in [0, 0.05) is 24.8 Å². The van der Waals surface area contributed by atoms with Crippen molar-refractivity contribution in [1.29, 1.82) is 0 Å². The van der Waals surface area contributed by atoms with Crippen LogP contribution in [0.5, 0.6) is 0 Å². The molecule has 1 atom stereocenters. The quantitative estimate of drug-likeness (QED) is 0.687. The van der Waals surface area contributed by atoms with E-state index >= 15 is 0 Å². The van der Waals surface area contributed by atoms with Gasteiger partial charge in [0.05, 0.1) is 0 Å². The zero-order chi connectivity index (χ0) is 10.6. The average molecular weight is 193 g/mol. The first-order chi connectivity index (χ1) is 6.63. The van der Waals surface area contributed by atoms with E-state index in [1.165, 1.54) is 0 Å². The average Bonchev–Trinajstić information content (AvgIpc) is 2.63. The zero-order valence-corrected chi connectivity index (χ0v) is 9.10. The van der Waals surface area contributed by atoms with Crippen LogP contribution in [0.4, 0.5) is 0 Å². The van der Waals surface area contributed by atoms with Crippen molar-refractivity contribution < 1.29 is 4.79 Å². The fourth-order valence-electron chi connectivity index (χ4n) is 2.20. The molecule has 1 rings (SSSR count). The maximum atomic E-state index is 12.0. The van der Waals surface area contributed by atoms with Gasteiger partial charge in [0.2, 0.25) is 0 Å². The molecule has 0 amide bonds. The Morgan fingerprint density at radius 3 is 2.79 bits per heavy atom. The number of hydrogen-bond donors (Lipinski definition) is 1. The van der Waals surface area contributed by atoms with E-state index < -0.39 is 0 Å². The highest BCUT2D eigenvalue weighted by Gasteiger charge is 2.42. The molecule has 78 valence electrons. The molecule has 0 spiro atoms. The molecular formula is C12H19NO. The Labute approximate surface area is 86.5 Å². The minimum Gasteiger partial charge on any atom is -0.316 e. The Hall–Kier alpha value is -0.810. The fourth-order valence-corrected chi connectivity index (χ4v) is 2.20. The molecule has 0 saturated carbocycles. The third-order valence-corrected chi connectivity index (χ3v) is 3.35. The van der Waals surface area contributed by atoms with Crippen LogP contribution in [0.15, 0.2) is 0 Å². The Morgan fingerprint density at radius 2 is 2.36 bits per heavy atom. The van der Waals surface area contributed by atoms with Gasteiger partial charge < -0.3 is 5.32 Å². The first-order valence-corrected chi connectivity index (χ1v) is 5.31. The van der Waals surface area contributed by atoms with Crippen LogP contribution in [0.25, 0.3) is 0 Å². The van der Waals surface area contributed by atoms with Gasteiger partial charge in [-0.05, 0) is 18.9 Å². The van der Waals surface area contributed by atoms with Crippen molar-refractivity contribution in [2.45, 2.75) is 33.1 Å². The minimum atomic E-state index is -0.142. The topological polar surface area (TPSA) is 29.1 Å². The number of carbonyl (C=O) groups is 1. The molecule has 0 aliphatic carbocycles. The van der Waals surface area contributed by atoms with Crippen molar-refractivity contribution >= 4 is 5.78 Å².